The van der Waals surface area contributed by atoms with Gasteiger partial charge in [0, 0.05) is 19.0 Å². The summed E-state index contributed by atoms with van der Waals surface area (Å²) in [6.45, 7) is -0.606. The first-order chi connectivity index (χ1) is 15.5. The number of nitrogens with one attached hydrogen (secondary N) is 1. The zero-order chi connectivity index (χ0) is 24.7. The van der Waals surface area contributed by atoms with E-state index in [0.29, 0.717) is 4.57 Å². The molecule has 2 aromatic heterocycles. The summed E-state index contributed by atoms with van der Waals surface area (Å²) in [6.07, 6.45) is 0.0966. The van der Waals surface area contributed by atoms with Crippen LogP contribution in [0, 0.1) is 0 Å². The van der Waals surface area contributed by atoms with E-state index in [1.54, 1.807) is 0 Å². The van der Waals surface area contributed by atoms with E-state index < -0.39 is 66.0 Å². The van der Waals surface area contributed by atoms with Crippen LogP contribution in [0.3, 0.4) is 0 Å². The van der Waals surface area contributed by atoms with Crippen LogP contribution in [0.5, 0.6) is 11.5 Å². The molecule has 7 N–H and O–H groups in total. The molecule has 0 spiro atoms. The number of hydrogen-bond acceptors (Lipinski definition) is 11. The number of carboxylic acids is 2. The number of nitrogens with two attached hydrogens (primary N) is 1. The van der Waals surface area contributed by atoms with E-state index in [1.807, 2.05) is 0 Å². The lowest BCUT2D eigenvalue weighted by Gasteiger charge is -2.08. The number of rotatable bonds is 11. The summed E-state index contributed by atoms with van der Waals surface area (Å²) in [4.78, 5) is 60.3. The number of esters is 1. The number of carbonyl (C=O) groups excluding carboxylic acids is 2. The van der Waals surface area contributed by atoms with E-state index in [1.165, 1.54) is 0 Å². The second-order valence-corrected chi connectivity index (χ2v) is 6.60. The zero-order valence-electron chi connectivity index (χ0n) is 16.9. The summed E-state index contributed by atoms with van der Waals surface area (Å²) in [5.74, 6) is -6.85. The molecule has 0 unspecified atom stereocenters. The Morgan fingerprint density at radius 3 is 2.48 bits per heavy atom. The lowest BCUT2D eigenvalue weighted by Crippen LogP contribution is -2.34. The smallest absolute Gasteiger partial charge is 0.356 e. The van der Waals surface area contributed by atoms with E-state index in [0.717, 1.165) is 12.3 Å². The Labute approximate surface area is 184 Å². The van der Waals surface area contributed by atoms with Gasteiger partial charge in [0.1, 0.15) is 11.9 Å². The zero-order valence-corrected chi connectivity index (χ0v) is 16.9. The second-order valence-electron chi connectivity index (χ2n) is 6.60. The average Bonchev–Trinajstić information content (AvgIpc) is 3.00. The number of carbonyl (C=O) groups is 4. The van der Waals surface area contributed by atoms with Crippen molar-refractivity contribution in [3.63, 3.8) is 0 Å². The summed E-state index contributed by atoms with van der Waals surface area (Å²) in [6, 6.07) is -0.315. The molecule has 0 fully saturated rings. The van der Waals surface area contributed by atoms with Crippen LogP contribution in [-0.4, -0.2) is 59.8 Å². The van der Waals surface area contributed by atoms with Gasteiger partial charge in [0.05, 0.1) is 6.42 Å². The number of aromatic hydroxyl groups is 2. The van der Waals surface area contributed by atoms with E-state index in [2.05, 4.69) is 10.3 Å². The first-order valence-electron chi connectivity index (χ1n) is 9.29. The summed E-state index contributed by atoms with van der Waals surface area (Å²) >= 11 is 0. The van der Waals surface area contributed by atoms with Gasteiger partial charge >= 0.3 is 23.6 Å². The van der Waals surface area contributed by atoms with Gasteiger partial charge in [0.2, 0.25) is 17.4 Å². The van der Waals surface area contributed by atoms with E-state index in [9.17, 15) is 34.2 Å². The molecule has 0 radical (unpaired) electrons. The number of anilines is 1. The standard InChI is InChI=1S/C18H20N4O11/c19-8(17(29)30)6-11(23)20-10-4-5-22(18(31)21-10)16-15(28)14(27)9(33-16)7-32-13(26)3-1-2-12(24)25/h4-5,8,27-28H,1-3,6-7,19H2,(H,24,25)(H,29,30)(H,20,21,23,31)/t8-/m0/s1. The Bertz CT molecular complexity index is 1120. The van der Waals surface area contributed by atoms with Crippen LogP contribution < -0.4 is 16.7 Å². The molecular weight excluding hydrogens is 448 g/mol. The molecule has 1 amide bonds. The van der Waals surface area contributed by atoms with Crippen LogP contribution in [0.25, 0.3) is 5.88 Å². The molecule has 15 nitrogen and oxygen atoms in total. The van der Waals surface area contributed by atoms with Crippen molar-refractivity contribution in [2.24, 2.45) is 5.73 Å². The summed E-state index contributed by atoms with van der Waals surface area (Å²) in [7, 11) is 0. The molecule has 0 aliphatic heterocycles. The fourth-order valence-corrected chi connectivity index (χ4v) is 2.42. The van der Waals surface area contributed by atoms with Crippen LogP contribution in [0.15, 0.2) is 21.5 Å². The van der Waals surface area contributed by atoms with Gasteiger partial charge < -0.3 is 40.6 Å². The quantitative estimate of drug-likeness (QED) is 0.223. The first kappa shape index (κ1) is 24.9. The molecule has 0 bridgehead atoms. The minimum Gasteiger partial charge on any atom is -0.502 e. The van der Waals surface area contributed by atoms with Crippen molar-refractivity contribution in [3.8, 4) is 17.4 Å². The molecular formula is C18H20N4O11. The Morgan fingerprint density at radius 1 is 1.18 bits per heavy atom. The molecule has 0 aliphatic rings. The topological polar surface area (TPSA) is 245 Å². The Kier molecular flexibility index (Phi) is 8.11. The fourth-order valence-electron chi connectivity index (χ4n) is 2.42. The Morgan fingerprint density at radius 2 is 1.88 bits per heavy atom. The molecule has 0 aromatic carbocycles. The van der Waals surface area contributed by atoms with Gasteiger partial charge in [-0.2, -0.15) is 4.98 Å². The van der Waals surface area contributed by atoms with E-state index in [4.69, 9.17) is 25.1 Å². The van der Waals surface area contributed by atoms with Gasteiger partial charge in [-0.3, -0.25) is 19.2 Å². The molecule has 1 atom stereocenters. The van der Waals surface area contributed by atoms with E-state index >= 15 is 0 Å². The van der Waals surface area contributed by atoms with Crippen molar-refractivity contribution >= 4 is 29.6 Å². The van der Waals surface area contributed by atoms with Crippen LogP contribution in [-0.2, 0) is 30.5 Å². The van der Waals surface area contributed by atoms with Gasteiger partial charge in [-0.15, -0.1) is 0 Å². The van der Waals surface area contributed by atoms with Crippen LogP contribution in [0.4, 0.5) is 5.82 Å². The third-order valence-corrected chi connectivity index (χ3v) is 4.06. The average molecular weight is 468 g/mol. The monoisotopic (exact) mass is 468 g/mol. The van der Waals surface area contributed by atoms with Gasteiger partial charge in [0.25, 0.3) is 5.88 Å². The highest BCUT2D eigenvalue weighted by atomic mass is 16.5. The molecule has 0 aliphatic carbocycles. The third-order valence-electron chi connectivity index (χ3n) is 4.06. The predicted molar refractivity (Wildman–Crippen MR) is 106 cm³/mol. The van der Waals surface area contributed by atoms with Crippen LogP contribution in [0.1, 0.15) is 31.4 Å². The Balaban J connectivity index is 2.09. The minimum absolute atomic E-state index is 0.0427. The minimum atomic E-state index is -1.45. The first-order valence-corrected chi connectivity index (χ1v) is 9.29. The lowest BCUT2D eigenvalue weighted by atomic mass is 10.2. The van der Waals surface area contributed by atoms with Crippen molar-refractivity contribution in [2.45, 2.75) is 38.3 Å². The molecule has 2 heterocycles. The number of nitrogens with zero attached hydrogens (tertiary/aromatic N) is 2. The van der Waals surface area contributed by atoms with Gasteiger partial charge in [0.15, 0.2) is 12.4 Å². The fraction of sp³-hybridized carbons (Fsp3) is 0.333. The molecule has 178 valence electrons. The number of hydrogen-bond donors (Lipinski definition) is 6. The molecule has 15 heteroatoms. The number of ether oxygens (including phenoxy) is 1. The number of amides is 1. The van der Waals surface area contributed by atoms with Crippen molar-refractivity contribution in [3.05, 3.63) is 28.5 Å². The number of furan rings is 1. The molecule has 0 saturated carbocycles. The van der Waals surface area contributed by atoms with Gasteiger partial charge in [-0.25, -0.2) is 9.36 Å². The third kappa shape index (κ3) is 6.79. The van der Waals surface area contributed by atoms with Crippen LogP contribution in [0.2, 0.25) is 0 Å². The molecule has 0 saturated heterocycles. The molecule has 2 rings (SSSR count). The highest BCUT2D eigenvalue weighted by Gasteiger charge is 2.23. The highest BCUT2D eigenvalue weighted by Crippen LogP contribution is 2.38. The number of aliphatic carboxylic acids is 2. The van der Waals surface area contributed by atoms with Crippen molar-refractivity contribution in [2.75, 3.05) is 5.32 Å². The summed E-state index contributed by atoms with van der Waals surface area (Å²) in [5.41, 5.74) is 4.20. The normalized spacial score (nSPS) is 11.5. The maximum Gasteiger partial charge on any atom is 0.356 e. The maximum atomic E-state index is 12.3. The summed E-state index contributed by atoms with van der Waals surface area (Å²) in [5, 5.41) is 39.5. The number of carboxylic acid groups (broad SMARTS) is 2. The van der Waals surface area contributed by atoms with Crippen molar-refractivity contribution in [1.29, 1.82) is 0 Å². The molecule has 33 heavy (non-hydrogen) atoms. The summed E-state index contributed by atoms with van der Waals surface area (Å²) < 4.78 is 10.7. The SMILES string of the molecule is N[C@@H](CC(=O)Nc1ccn(-c2oc(COC(=O)CCCC(=O)O)c(O)c2O)c(=O)n1)C(=O)O. The molecule has 2 aromatic rings. The highest BCUT2D eigenvalue weighted by molar-refractivity contribution is 5.93. The predicted octanol–water partition coefficient (Wildman–Crippen LogP) is -0.725. The largest absolute Gasteiger partial charge is 0.502 e. The van der Waals surface area contributed by atoms with Crippen LogP contribution >= 0.6 is 0 Å². The van der Waals surface area contributed by atoms with Crippen molar-refractivity contribution < 1.29 is 48.8 Å². The Hall–Kier alpha value is -4.40. The lowest BCUT2D eigenvalue weighted by molar-refractivity contribution is -0.146. The number of aromatic nitrogens is 2. The van der Waals surface area contributed by atoms with E-state index in [-0.39, 0.29) is 30.8 Å². The second kappa shape index (κ2) is 10.8. The van der Waals surface area contributed by atoms with Crippen molar-refractivity contribution in [1.82, 2.24) is 9.55 Å². The maximum absolute atomic E-state index is 12.3. The van der Waals surface area contributed by atoms with Gasteiger partial charge in [-0.05, 0) is 12.5 Å². The van der Waals surface area contributed by atoms with Gasteiger partial charge in [-0.1, -0.05) is 0 Å².